The average molecular weight is 480 g/mol. The first-order valence-corrected chi connectivity index (χ1v) is 9.18. The van der Waals surface area contributed by atoms with Crippen LogP contribution in [0.1, 0.15) is 21.6 Å². The highest BCUT2D eigenvalue weighted by Crippen LogP contribution is 2.36. The fourth-order valence-corrected chi connectivity index (χ4v) is 3.04. The molecular formula is C20H10F6N6O2. The number of fused-ring (bicyclic) bond motifs is 1. The van der Waals surface area contributed by atoms with Crippen molar-refractivity contribution < 1.29 is 36.2 Å². The van der Waals surface area contributed by atoms with E-state index in [4.69, 9.17) is 5.11 Å². The van der Waals surface area contributed by atoms with Crippen LogP contribution >= 0.6 is 0 Å². The van der Waals surface area contributed by atoms with E-state index >= 15 is 0 Å². The van der Waals surface area contributed by atoms with Gasteiger partial charge in [-0.15, -0.1) is 0 Å². The minimum atomic E-state index is -4.98. The predicted octanol–water partition coefficient (Wildman–Crippen LogP) is 4.96. The van der Waals surface area contributed by atoms with E-state index in [9.17, 15) is 31.1 Å². The molecule has 2 N–H and O–H groups in total. The summed E-state index contributed by atoms with van der Waals surface area (Å²) in [5.74, 6) is -2.36. The molecule has 0 aromatic carbocycles. The SMILES string of the molecule is O=C(O)c1nc(Nc2ccnc3nc(-c4ncccc4C(F)(F)F)ccc23)ncc1C(F)(F)F. The Morgan fingerprint density at radius 3 is 2.26 bits per heavy atom. The van der Waals surface area contributed by atoms with Gasteiger partial charge in [0, 0.05) is 24.0 Å². The van der Waals surface area contributed by atoms with Gasteiger partial charge in [0.2, 0.25) is 5.95 Å². The zero-order valence-electron chi connectivity index (χ0n) is 16.5. The summed E-state index contributed by atoms with van der Waals surface area (Å²) in [6.45, 7) is 0. The van der Waals surface area contributed by atoms with Gasteiger partial charge in [-0.05, 0) is 30.3 Å². The van der Waals surface area contributed by atoms with E-state index in [1.807, 2.05) is 0 Å². The normalized spacial score (nSPS) is 12.1. The van der Waals surface area contributed by atoms with E-state index in [-0.39, 0.29) is 22.4 Å². The number of rotatable bonds is 4. The summed E-state index contributed by atoms with van der Waals surface area (Å²) in [7, 11) is 0. The molecule has 0 saturated carbocycles. The highest BCUT2D eigenvalue weighted by molar-refractivity contribution is 5.92. The van der Waals surface area contributed by atoms with Crippen LogP contribution in [0.25, 0.3) is 22.4 Å². The molecule has 0 unspecified atom stereocenters. The minimum absolute atomic E-state index is 0.00773. The number of alkyl halides is 6. The van der Waals surface area contributed by atoms with Crippen LogP contribution in [0.3, 0.4) is 0 Å². The predicted molar refractivity (Wildman–Crippen MR) is 105 cm³/mol. The number of pyridine rings is 3. The molecule has 0 radical (unpaired) electrons. The Labute approximate surface area is 185 Å². The summed E-state index contributed by atoms with van der Waals surface area (Å²) in [5, 5.41) is 11.9. The maximum absolute atomic E-state index is 13.3. The molecule has 0 spiro atoms. The Balaban J connectivity index is 1.75. The van der Waals surface area contributed by atoms with Crippen LogP contribution in [0, 0.1) is 0 Å². The lowest BCUT2D eigenvalue weighted by Gasteiger charge is -2.13. The van der Waals surface area contributed by atoms with Gasteiger partial charge in [0.25, 0.3) is 0 Å². The molecule has 0 aliphatic carbocycles. The van der Waals surface area contributed by atoms with Crippen molar-refractivity contribution in [3.05, 3.63) is 65.7 Å². The van der Waals surface area contributed by atoms with Crippen molar-refractivity contribution in [1.29, 1.82) is 0 Å². The zero-order chi connectivity index (χ0) is 24.7. The molecule has 34 heavy (non-hydrogen) atoms. The number of carbonyl (C=O) groups is 1. The van der Waals surface area contributed by atoms with Crippen LogP contribution in [-0.4, -0.2) is 36.0 Å². The lowest BCUT2D eigenvalue weighted by Crippen LogP contribution is -2.16. The number of anilines is 2. The van der Waals surface area contributed by atoms with Crippen LogP contribution in [0.4, 0.5) is 38.0 Å². The van der Waals surface area contributed by atoms with Gasteiger partial charge in [0.05, 0.1) is 16.9 Å². The molecule has 0 amide bonds. The van der Waals surface area contributed by atoms with E-state index in [0.717, 1.165) is 12.1 Å². The van der Waals surface area contributed by atoms with Crippen LogP contribution < -0.4 is 5.32 Å². The quantitative estimate of drug-likeness (QED) is 0.394. The van der Waals surface area contributed by atoms with Crippen molar-refractivity contribution >= 4 is 28.6 Å². The summed E-state index contributed by atoms with van der Waals surface area (Å²) < 4.78 is 79.0. The lowest BCUT2D eigenvalue weighted by molar-refractivity contribution is -0.139. The molecule has 0 saturated heterocycles. The summed E-state index contributed by atoms with van der Waals surface area (Å²) in [6.07, 6.45) is -6.88. The van der Waals surface area contributed by atoms with Crippen molar-refractivity contribution in [2.45, 2.75) is 12.4 Å². The second-order valence-corrected chi connectivity index (χ2v) is 6.71. The third kappa shape index (κ3) is 4.42. The van der Waals surface area contributed by atoms with Crippen molar-refractivity contribution in [2.24, 2.45) is 0 Å². The molecule has 174 valence electrons. The maximum Gasteiger partial charge on any atom is 0.420 e. The Morgan fingerprint density at radius 1 is 0.853 bits per heavy atom. The van der Waals surface area contributed by atoms with Crippen molar-refractivity contribution in [2.75, 3.05) is 5.32 Å². The van der Waals surface area contributed by atoms with Crippen molar-refractivity contribution in [1.82, 2.24) is 24.9 Å². The highest BCUT2D eigenvalue weighted by atomic mass is 19.4. The van der Waals surface area contributed by atoms with Crippen molar-refractivity contribution in [3.63, 3.8) is 0 Å². The Kier molecular flexibility index (Phi) is 5.51. The van der Waals surface area contributed by atoms with E-state index in [0.29, 0.717) is 6.20 Å². The fraction of sp³-hybridized carbons (Fsp3) is 0.100. The largest absolute Gasteiger partial charge is 0.476 e. The number of nitrogens with one attached hydrogen (secondary N) is 1. The van der Waals surface area contributed by atoms with E-state index < -0.39 is 46.8 Å². The van der Waals surface area contributed by atoms with Gasteiger partial charge in [-0.1, -0.05) is 0 Å². The third-order valence-electron chi connectivity index (χ3n) is 4.50. The number of hydrogen-bond donors (Lipinski definition) is 2. The molecule has 0 aliphatic heterocycles. The summed E-state index contributed by atoms with van der Waals surface area (Å²) in [6, 6.07) is 6.03. The first kappa shape index (κ1) is 22.8. The number of aromatic nitrogens is 5. The third-order valence-corrected chi connectivity index (χ3v) is 4.50. The number of halogens is 6. The van der Waals surface area contributed by atoms with Gasteiger partial charge in [0.15, 0.2) is 11.3 Å². The van der Waals surface area contributed by atoms with Gasteiger partial charge >= 0.3 is 18.3 Å². The average Bonchev–Trinajstić information content (AvgIpc) is 2.77. The summed E-state index contributed by atoms with van der Waals surface area (Å²) in [5.41, 5.74) is -4.11. The van der Waals surface area contributed by atoms with Gasteiger partial charge in [-0.2, -0.15) is 26.3 Å². The minimum Gasteiger partial charge on any atom is -0.476 e. The Hall–Kier alpha value is -4.36. The molecule has 8 nitrogen and oxygen atoms in total. The van der Waals surface area contributed by atoms with Crippen LogP contribution in [0.5, 0.6) is 0 Å². The van der Waals surface area contributed by atoms with E-state index in [1.165, 1.54) is 30.6 Å². The topological polar surface area (TPSA) is 114 Å². The van der Waals surface area contributed by atoms with E-state index in [2.05, 4.69) is 30.2 Å². The molecule has 0 fully saturated rings. The van der Waals surface area contributed by atoms with Gasteiger partial charge in [0.1, 0.15) is 11.3 Å². The molecule has 0 bridgehead atoms. The van der Waals surface area contributed by atoms with Crippen LogP contribution in [0.2, 0.25) is 0 Å². The number of hydrogen-bond acceptors (Lipinski definition) is 7. The molecular weight excluding hydrogens is 470 g/mol. The molecule has 4 aromatic rings. The van der Waals surface area contributed by atoms with Crippen molar-refractivity contribution in [3.8, 4) is 11.4 Å². The number of nitrogens with zero attached hydrogens (tertiary/aromatic N) is 5. The molecule has 4 rings (SSSR count). The molecule has 0 atom stereocenters. The smallest absolute Gasteiger partial charge is 0.420 e. The summed E-state index contributed by atoms with van der Waals surface area (Å²) >= 11 is 0. The number of carboxylic acid groups (broad SMARTS) is 1. The summed E-state index contributed by atoms with van der Waals surface area (Å²) in [4.78, 5) is 30.1. The number of carboxylic acids is 1. The fourth-order valence-electron chi connectivity index (χ4n) is 3.04. The second kappa shape index (κ2) is 8.20. The van der Waals surface area contributed by atoms with Gasteiger partial charge < -0.3 is 10.4 Å². The maximum atomic E-state index is 13.3. The first-order valence-electron chi connectivity index (χ1n) is 9.18. The standard InChI is InChI=1S/C20H10F6N6O2/c21-19(22,23)10-2-1-6-27-14(10)13-4-3-9-12(5-7-28-16(9)30-13)31-18-29-8-11(20(24,25)26)15(32-18)17(33)34/h1-8H,(H,33,34)(H,28,29,30,31,32). The number of aromatic carboxylic acids is 1. The van der Waals surface area contributed by atoms with Gasteiger partial charge in [-0.3, -0.25) is 4.98 Å². The lowest BCUT2D eigenvalue weighted by atomic mass is 10.1. The molecule has 4 aromatic heterocycles. The monoisotopic (exact) mass is 480 g/mol. The van der Waals surface area contributed by atoms with Crippen LogP contribution in [0.15, 0.2) is 48.9 Å². The molecule has 14 heteroatoms. The second-order valence-electron chi connectivity index (χ2n) is 6.71. The van der Waals surface area contributed by atoms with E-state index in [1.54, 1.807) is 0 Å². The zero-order valence-corrected chi connectivity index (χ0v) is 16.5. The highest BCUT2D eigenvalue weighted by Gasteiger charge is 2.37. The van der Waals surface area contributed by atoms with Gasteiger partial charge in [-0.25, -0.2) is 24.7 Å². The first-order chi connectivity index (χ1) is 15.9. The van der Waals surface area contributed by atoms with Crippen LogP contribution in [-0.2, 0) is 12.4 Å². The Bertz CT molecular complexity index is 1410. The molecule has 4 heterocycles. The molecule has 0 aliphatic rings. The Morgan fingerprint density at radius 2 is 1.59 bits per heavy atom.